The number of nitrogens with one attached hydrogen (secondary N) is 2. The van der Waals surface area contributed by atoms with Crippen LogP contribution in [0.5, 0.6) is 0 Å². The summed E-state index contributed by atoms with van der Waals surface area (Å²) in [4.78, 5) is 21.8. The first-order chi connectivity index (χ1) is 12.0. The highest BCUT2D eigenvalue weighted by atomic mass is 79.9. The molecular weight excluding hydrogens is 476 g/mol. The van der Waals surface area contributed by atoms with E-state index in [1.54, 1.807) is 33.0 Å². The van der Waals surface area contributed by atoms with E-state index >= 15 is 0 Å². The molecule has 2 aromatic rings. The molecule has 2 N–H and O–H groups in total. The van der Waals surface area contributed by atoms with Crippen molar-refractivity contribution in [2.24, 2.45) is 0 Å². The molecule has 0 atom stereocenters. The van der Waals surface area contributed by atoms with E-state index in [0.717, 1.165) is 5.56 Å². The van der Waals surface area contributed by atoms with Crippen LogP contribution in [0.15, 0.2) is 27.3 Å². The number of nitrogens with zero attached hydrogens (tertiary/aromatic N) is 1. The van der Waals surface area contributed by atoms with Crippen LogP contribution in [0.4, 0.5) is 20.3 Å². The molecule has 1 aromatic carbocycles. The third-order valence-corrected chi connectivity index (χ3v) is 4.26. The summed E-state index contributed by atoms with van der Waals surface area (Å²) in [5.41, 5.74) is 1.97. The van der Waals surface area contributed by atoms with Crippen molar-refractivity contribution in [3.8, 4) is 0 Å². The second kappa shape index (κ2) is 7.98. The van der Waals surface area contributed by atoms with Crippen LogP contribution < -0.4 is 10.8 Å². The van der Waals surface area contributed by atoms with E-state index in [0.29, 0.717) is 4.47 Å². The second-order valence-corrected chi connectivity index (χ2v) is 8.23. The zero-order valence-electron chi connectivity index (χ0n) is 14.5. The molecule has 1 heterocycles. The summed E-state index contributed by atoms with van der Waals surface area (Å²) in [5, 5.41) is 2.67. The summed E-state index contributed by atoms with van der Waals surface area (Å²) < 4.78 is 28.9. The lowest BCUT2D eigenvalue weighted by Crippen LogP contribution is -2.34. The SMILES string of the molecule is Cc1cnc(Nc2c(C(=O)NOC(C)(C)C)cc(Br)c(F)c2F)c(Br)c1. The number of aryl methyl sites for hydroxylation is 1. The fourth-order valence-electron chi connectivity index (χ4n) is 1.89. The predicted octanol–water partition coefficient (Wildman–Crippen LogP) is 5.40. The smallest absolute Gasteiger partial charge is 0.277 e. The summed E-state index contributed by atoms with van der Waals surface area (Å²) in [6, 6.07) is 2.93. The zero-order chi connectivity index (χ0) is 19.6. The molecular formula is C17H17Br2F2N3O2. The monoisotopic (exact) mass is 491 g/mol. The van der Waals surface area contributed by atoms with Crippen LogP contribution >= 0.6 is 31.9 Å². The number of hydrogen-bond donors (Lipinski definition) is 2. The topological polar surface area (TPSA) is 63.2 Å². The van der Waals surface area contributed by atoms with Gasteiger partial charge < -0.3 is 5.32 Å². The Morgan fingerprint density at radius 3 is 2.38 bits per heavy atom. The minimum atomic E-state index is -1.21. The molecule has 0 radical (unpaired) electrons. The number of hydroxylamine groups is 1. The van der Waals surface area contributed by atoms with E-state index < -0.39 is 23.1 Å². The third-order valence-electron chi connectivity index (χ3n) is 3.08. The van der Waals surface area contributed by atoms with Gasteiger partial charge in [-0.2, -0.15) is 0 Å². The fraction of sp³-hybridized carbons (Fsp3) is 0.294. The number of carbonyl (C=O) groups is 1. The van der Waals surface area contributed by atoms with Crippen molar-refractivity contribution < 1.29 is 18.4 Å². The highest BCUT2D eigenvalue weighted by molar-refractivity contribution is 9.10. The number of aromatic nitrogens is 1. The summed E-state index contributed by atoms with van der Waals surface area (Å²) in [7, 11) is 0. The highest BCUT2D eigenvalue weighted by Crippen LogP contribution is 2.33. The first kappa shape index (κ1) is 20.7. The third kappa shape index (κ3) is 4.99. The van der Waals surface area contributed by atoms with Crippen LogP contribution in [-0.2, 0) is 4.84 Å². The van der Waals surface area contributed by atoms with Gasteiger partial charge in [0, 0.05) is 6.20 Å². The second-order valence-electron chi connectivity index (χ2n) is 6.52. The molecule has 5 nitrogen and oxygen atoms in total. The Morgan fingerprint density at radius 1 is 1.15 bits per heavy atom. The molecule has 0 aliphatic heterocycles. The lowest BCUT2D eigenvalue weighted by atomic mass is 10.1. The largest absolute Gasteiger partial charge is 0.336 e. The van der Waals surface area contributed by atoms with Crippen LogP contribution in [0.3, 0.4) is 0 Å². The van der Waals surface area contributed by atoms with Crippen molar-refractivity contribution in [3.05, 3.63) is 50.0 Å². The van der Waals surface area contributed by atoms with Crippen LogP contribution in [0.1, 0.15) is 36.7 Å². The molecule has 1 aromatic heterocycles. The molecule has 0 unspecified atom stereocenters. The quantitative estimate of drug-likeness (QED) is 0.443. The number of benzene rings is 1. The normalized spacial score (nSPS) is 11.4. The van der Waals surface area contributed by atoms with E-state index in [-0.39, 0.29) is 21.5 Å². The Kier molecular flexibility index (Phi) is 6.36. The van der Waals surface area contributed by atoms with Crippen molar-refractivity contribution >= 4 is 49.3 Å². The van der Waals surface area contributed by atoms with Gasteiger partial charge in [-0.1, -0.05) is 0 Å². The predicted molar refractivity (Wildman–Crippen MR) is 102 cm³/mol. The Labute approximate surface area is 166 Å². The van der Waals surface area contributed by atoms with Gasteiger partial charge in [0.25, 0.3) is 5.91 Å². The molecule has 0 saturated heterocycles. The molecule has 0 aliphatic rings. The van der Waals surface area contributed by atoms with Gasteiger partial charge in [-0.25, -0.2) is 19.2 Å². The van der Waals surface area contributed by atoms with Gasteiger partial charge >= 0.3 is 0 Å². The van der Waals surface area contributed by atoms with E-state index in [1.165, 1.54) is 6.07 Å². The lowest BCUT2D eigenvalue weighted by molar-refractivity contribution is -0.0589. The number of hydrogen-bond acceptors (Lipinski definition) is 4. The fourth-order valence-corrected chi connectivity index (χ4v) is 2.86. The van der Waals surface area contributed by atoms with Gasteiger partial charge in [0.1, 0.15) is 5.82 Å². The maximum Gasteiger partial charge on any atom is 0.277 e. The first-order valence-electron chi connectivity index (χ1n) is 7.54. The van der Waals surface area contributed by atoms with Gasteiger partial charge in [-0.3, -0.25) is 9.63 Å². The van der Waals surface area contributed by atoms with Gasteiger partial charge in [0.2, 0.25) is 0 Å². The van der Waals surface area contributed by atoms with Crippen LogP contribution in [0.25, 0.3) is 0 Å². The minimum absolute atomic E-state index is 0.144. The van der Waals surface area contributed by atoms with Gasteiger partial charge in [0.15, 0.2) is 11.6 Å². The molecule has 2 rings (SSSR count). The lowest BCUT2D eigenvalue weighted by Gasteiger charge is -2.20. The van der Waals surface area contributed by atoms with Crippen LogP contribution in [0.2, 0.25) is 0 Å². The van der Waals surface area contributed by atoms with Crippen molar-refractivity contribution in [2.75, 3.05) is 5.32 Å². The zero-order valence-corrected chi connectivity index (χ0v) is 17.7. The van der Waals surface area contributed by atoms with E-state index in [4.69, 9.17) is 4.84 Å². The van der Waals surface area contributed by atoms with E-state index in [2.05, 4.69) is 47.6 Å². The minimum Gasteiger partial charge on any atom is -0.336 e. The molecule has 0 saturated carbocycles. The van der Waals surface area contributed by atoms with Crippen LogP contribution in [0, 0.1) is 18.6 Å². The van der Waals surface area contributed by atoms with Crippen molar-refractivity contribution in [1.82, 2.24) is 10.5 Å². The molecule has 9 heteroatoms. The first-order valence-corrected chi connectivity index (χ1v) is 9.13. The number of carbonyl (C=O) groups excluding carboxylic acids is 1. The summed E-state index contributed by atoms with van der Waals surface area (Å²) in [6.45, 7) is 7.05. The van der Waals surface area contributed by atoms with Gasteiger partial charge in [-0.15, -0.1) is 0 Å². The number of anilines is 2. The number of rotatable bonds is 4. The average molecular weight is 493 g/mol. The van der Waals surface area contributed by atoms with E-state index in [9.17, 15) is 13.6 Å². The van der Waals surface area contributed by atoms with Gasteiger partial charge in [0.05, 0.1) is 25.8 Å². The Morgan fingerprint density at radius 2 is 1.81 bits per heavy atom. The summed E-state index contributed by atoms with van der Waals surface area (Å²) >= 11 is 6.22. The molecule has 0 fully saturated rings. The average Bonchev–Trinajstić information content (AvgIpc) is 2.54. The van der Waals surface area contributed by atoms with E-state index in [1.807, 2.05) is 6.92 Å². The molecule has 26 heavy (non-hydrogen) atoms. The maximum absolute atomic E-state index is 14.5. The number of pyridine rings is 1. The van der Waals surface area contributed by atoms with Gasteiger partial charge in [-0.05, 0) is 77.3 Å². The molecule has 1 amide bonds. The Bertz CT molecular complexity index is 855. The standard InChI is InChI=1S/C17H17Br2F2N3O2/c1-8-5-11(19)15(22-7-8)23-14-9(6-10(18)12(20)13(14)21)16(25)24-26-17(2,3)4/h5-7H,1-4H3,(H,22,23)(H,24,25). The number of halogens is 4. The molecule has 0 aliphatic carbocycles. The molecule has 0 bridgehead atoms. The Hall–Kier alpha value is -1.58. The molecule has 140 valence electrons. The summed E-state index contributed by atoms with van der Waals surface area (Å²) in [6.07, 6.45) is 1.56. The van der Waals surface area contributed by atoms with Crippen molar-refractivity contribution in [2.45, 2.75) is 33.3 Å². The highest BCUT2D eigenvalue weighted by Gasteiger charge is 2.24. The van der Waals surface area contributed by atoms with Crippen LogP contribution in [-0.4, -0.2) is 16.5 Å². The number of amides is 1. The van der Waals surface area contributed by atoms with Crippen molar-refractivity contribution in [3.63, 3.8) is 0 Å². The Balaban J connectivity index is 2.46. The molecule has 0 spiro atoms. The van der Waals surface area contributed by atoms with Crippen molar-refractivity contribution in [1.29, 1.82) is 0 Å². The maximum atomic E-state index is 14.5. The summed E-state index contributed by atoms with van der Waals surface area (Å²) in [5.74, 6) is -2.83.